The molecule has 0 bridgehead atoms. The summed E-state index contributed by atoms with van der Waals surface area (Å²) in [6.07, 6.45) is 4.68. The Morgan fingerprint density at radius 2 is 1.44 bits per heavy atom. The van der Waals surface area contributed by atoms with Crippen molar-refractivity contribution < 1.29 is 38.7 Å². The van der Waals surface area contributed by atoms with Crippen LogP contribution in [0.2, 0.25) is 0 Å². The topological polar surface area (TPSA) is 40.5 Å². The Kier molecular flexibility index (Phi) is 6.74. The second-order valence-electron chi connectivity index (χ2n) is 7.56. The maximum Gasteiger partial charge on any atom is 0.119 e. The minimum atomic E-state index is 0. The van der Waals surface area contributed by atoms with E-state index in [1.54, 1.807) is 12.1 Å². The van der Waals surface area contributed by atoms with Crippen molar-refractivity contribution in [2.24, 2.45) is 0 Å². The molecule has 2 N–H and O–H groups in total. The van der Waals surface area contributed by atoms with Crippen molar-refractivity contribution in [1.29, 1.82) is 0 Å². The monoisotopic (exact) mass is 453 g/mol. The van der Waals surface area contributed by atoms with Crippen molar-refractivity contribution in [1.82, 2.24) is 0 Å². The lowest BCUT2D eigenvalue weighted by Gasteiger charge is -2.43. The summed E-state index contributed by atoms with van der Waals surface area (Å²) in [5.41, 5.74) is 1.81. The predicted octanol–water partition coefficient (Wildman–Crippen LogP) is 1.25. The molecule has 1 saturated heterocycles. The molecule has 0 radical (unpaired) electrons. The quantitative estimate of drug-likeness (QED) is 0.541. The van der Waals surface area contributed by atoms with Crippen molar-refractivity contribution in [2.45, 2.75) is 37.6 Å². The van der Waals surface area contributed by atoms with E-state index in [4.69, 9.17) is 0 Å². The van der Waals surface area contributed by atoms with Crippen LogP contribution in [0.3, 0.4) is 0 Å². The lowest BCUT2D eigenvalue weighted by Crippen LogP contribution is -3.00. The highest BCUT2D eigenvalue weighted by Crippen LogP contribution is 2.41. The van der Waals surface area contributed by atoms with Crippen LogP contribution >= 0.6 is 0 Å². The number of quaternary nitrogens is 1. The smallest absolute Gasteiger partial charge is 0.119 e. The molecule has 1 aliphatic rings. The normalized spacial score (nSPS) is 19.4. The van der Waals surface area contributed by atoms with Crippen molar-refractivity contribution in [3.63, 3.8) is 0 Å². The summed E-state index contributed by atoms with van der Waals surface area (Å²) in [5.74, 6) is 0.631. The number of nitrogens with zero attached hydrogens (tertiary/aromatic N) is 1. The largest absolute Gasteiger partial charge is 1.00 e. The standard InChI is InChI=1S/C21H27NO2.HI/c1-22(2)14-8-7-9-16(22)15-19(17-10-3-5-12-20(17)23)18-11-4-6-13-21(18)24;/h3-6,10-13,16,19H,7-9,14-15H2,1-2H3,(H-,23,24);1H. The Balaban J connectivity index is 0.00000225. The van der Waals surface area contributed by atoms with Crippen LogP contribution in [0.5, 0.6) is 11.5 Å². The van der Waals surface area contributed by atoms with Crippen LogP contribution in [-0.4, -0.2) is 41.4 Å². The molecular weight excluding hydrogens is 425 g/mol. The summed E-state index contributed by atoms with van der Waals surface area (Å²) in [6.45, 7) is 1.19. The van der Waals surface area contributed by atoms with Crippen molar-refractivity contribution in [3.05, 3.63) is 59.7 Å². The molecule has 3 rings (SSSR count). The molecule has 0 aromatic heterocycles. The molecule has 25 heavy (non-hydrogen) atoms. The fourth-order valence-corrected chi connectivity index (χ4v) is 4.09. The van der Waals surface area contributed by atoms with Crippen molar-refractivity contribution in [2.75, 3.05) is 20.6 Å². The van der Waals surface area contributed by atoms with Crippen LogP contribution in [0, 0.1) is 0 Å². The van der Waals surface area contributed by atoms with E-state index in [1.807, 2.05) is 36.4 Å². The van der Waals surface area contributed by atoms with Gasteiger partial charge in [0.25, 0.3) is 0 Å². The lowest BCUT2D eigenvalue weighted by atomic mass is 9.82. The average Bonchev–Trinajstić information content (AvgIpc) is 2.55. The van der Waals surface area contributed by atoms with E-state index >= 15 is 0 Å². The van der Waals surface area contributed by atoms with Gasteiger partial charge in [-0.15, -0.1) is 0 Å². The van der Waals surface area contributed by atoms with Gasteiger partial charge in [-0.1, -0.05) is 36.4 Å². The van der Waals surface area contributed by atoms with E-state index in [0.717, 1.165) is 22.0 Å². The fraction of sp³-hybridized carbons (Fsp3) is 0.429. The lowest BCUT2D eigenvalue weighted by molar-refractivity contribution is -0.920. The van der Waals surface area contributed by atoms with E-state index in [2.05, 4.69) is 14.1 Å². The van der Waals surface area contributed by atoms with Crippen molar-refractivity contribution >= 4 is 0 Å². The first kappa shape index (κ1) is 20.0. The van der Waals surface area contributed by atoms with E-state index in [1.165, 1.54) is 25.8 Å². The van der Waals surface area contributed by atoms with Crippen LogP contribution in [0.1, 0.15) is 42.7 Å². The number of para-hydroxylation sites is 2. The molecule has 0 spiro atoms. The van der Waals surface area contributed by atoms with Gasteiger partial charge in [0, 0.05) is 23.5 Å². The zero-order chi connectivity index (χ0) is 17.2. The third-order valence-electron chi connectivity index (χ3n) is 5.64. The van der Waals surface area contributed by atoms with Gasteiger partial charge in [0.15, 0.2) is 0 Å². The minimum absolute atomic E-state index is 0. The Morgan fingerprint density at radius 1 is 0.920 bits per heavy atom. The third-order valence-corrected chi connectivity index (χ3v) is 5.64. The number of phenolic OH excluding ortho intramolecular Hbond substituents is 2. The predicted molar refractivity (Wildman–Crippen MR) is 97.3 cm³/mol. The molecule has 1 aliphatic heterocycles. The van der Waals surface area contributed by atoms with E-state index < -0.39 is 0 Å². The fourth-order valence-electron chi connectivity index (χ4n) is 4.09. The van der Waals surface area contributed by atoms with Gasteiger partial charge in [0.1, 0.15) is 11.5 Å². The maximum absolute atomic E-state index is 10.4. The number of phenols is 2. The highest BCUT2D eigenvalue weighted by atomic mass is 127. The molecule has 1 heterocycles. The first-order valence-corrected chi connectivity index (χ1v) is 8.87. The third kappa shape index (κ3) is 4.47. The van der Waals surface area contributed by atoms with Gasteiger partial charge >= 0.3 is 0 Å². The summed E-state index contributed by atoms with van der Waals surface area (Å²) in [6, 6.07) is 15.6. The van der Waals surface area contributed by atoms with E-state index in [0.29, 0.717) is 17.5 Å². The van der Waals surface area contributed by atoms with Crippen LogP contribution < -0.4 is 24.0 Å². The Bertz CT molecular complexity index is 656. The number of likely N-dealkylation sites (tertiary alicyclic amines) is 1. The zero-order valence-corrected chi connectivity index (χ0v) is 17.2. The number of hydrogen-bond donors (Lipinski definition) is 2. The maximum atomic E-state index is 10.4. The van der Waals surface area contributed by atoms with Crippen LogP contribution in [0.4, 0.5) is 0 Å². The molecule has 4 heteroatoms. The number of piperidine rings is 1. The molecule has 2 aromatic rings. The van der Waals surface area contributed by atoms with Gasteiger partial charge in [-0.2, -0.15) is 0 Å². The molecule has 3 nitrogen and oxygen atoms in total. The van der Waals surface area contributed by atoms with Crippen molar-refractivity contribution in [3.8, 4) is 11.5 Å². The first-order chi connectivity index (χ1) is 11.5. The molecule has 2 aromatic carbocycles. The van der Waals surface area contributed by atoms with Gasteiger partial charge in [-0.05, 0) is 31.4 Å². The van der Waals surface area contributed by atoms with E-state index in [-0.39, 0.29) is 29.9 Å². The number of hydrogen-bond acceptors (Lipinski definition) is 2. The molecule has 1 unspecified atom stereocenters. The summed E-state index contributed by atoms with van der Waals surface area (Å²) in [7, 11) is 4.60. The number of rotatable bonds is 4. The van der Waals surface area contributed by atoms with E-state index in [9.17, 15) is 10.2 Å². The van der Waals surface area contributed by atoms with Gasteiger partial charge in [0.2, 0.25) is 0 Å². The highest BCUT2D eigenvalue weighted by molar-refractivity contribution is 5.46. The molecule has 0 saturated carbocycles. The summed E-state index contributed by atoms with van der Waals surface area (Å²) >= 11 is 0. The highest BCUT2D eigenvalue weighted by Gasteiger charge is 2.35. The Morgan fingerprint density at radius 3 is 1.92 bits per heavy atom. The SMILES string of the molecule is C[N+]1(C)CCCCC1CC(c1ccccc1O)c1ccccc1O.[I-]. The molecule has 136 valence electrons. The first-order valence-electron chi connectivity index (χ1n) is 8.87. The average molecular weight is 453 g/mol. The van der Waals surface area contributed by atoms with Crippen LogP contribution in [-0.2, 0) is 0 Å². The molecule has 1 atom stereocenters. The van der Waals surface area contributed by atoms with Gasteiger partial charge in [-0.3, -0.25) is 0 Å². The van der Waals surface area contributed by atoms with Gasteiger partial charge < -0.3 is 38.7 Å². The molecular formula is C21H28INO2. The van der Waals surface area contributed by atoms with Gasteiger partial charge in [0.05, 0.1) is 26.7 Å². The zero-order valence-electron chi connectivity index (χ0n) is 15.0. The minimum Gasteiger partial charge on any atom is -1.00 e. The molecule has 0 aliphatic carbocycles. The second kappa shape index (κ2) is 8.41. The Hall–Kier alpha value is -1.27. The summed E-state index contributed by atoms with van der Waals surface area (Å²) in [5, 5.41) is 20.8. The Labute approximate surface area is 167 Å². The summed E-state index contributed by atoms with van der Waals surface area (Å²) in [4.78, 5) is 0. The molecule has 1 fully saturated rings. The summed E-state index contributed by atoms with van der Waals surface area (Å²) < 4.78 is 1.01. The number of aromatic hydroxyl groups is 2. The van der Waals surface area contributed by atoms with Crippen LogP contribution in [0.25, 0.3) is 0 Å². The number of halogens is 1. The van der Waals surface area contributed by atoms with Gasteiger partial charge in [-0.25, -0.2) is 0 Å². The molecule has 0 amide bonds. The second-order valence-corrected chi connectivity index (χ2v) is 7.56. The number of benzene rings is 2. The van der Waals surface area contributed by atoms with Crippen LogP contribution in [0.15, 0.2) is 48.5 Å².